The summed E-state index contributed by atoms with van der Waals surface area (Å²) in [6, 6.07) is 6.90. The molecule has 1 aliphatic heterocycles. The number of ether oxygens (including phenoxy) is 2. The Balaban J connectivity index is 2.20. The second kappa shape index (κ2) is 9.46. The number of imide groups is 1. The smallest absolute Gasteiger partial charge is 0.264 e. The van der Waals surface area contributed by atoms with Gasteiger partial charge in [-0.3, -0.25) is 19.3 Å². The number of amides is 3. The van der Waals surface area contributed by atoms with Crippen molar-refractivity contribution in [2.45, 2.75) is 32.7 Å². The molecule has 1 atom stereocenters. The van der Waals surface area contributed by atoms with Crippen LogP contribution in [-0.2, 0) is 14.6 Å². The van der Waals surface area contributed by atoms with E-state index in [1.807, 2.05) is 13.8 Å². The number of carbonyl (C=O) groups excluding carboxylic acids is 3. The summed E-state index contributed by atoms with van der Waals surface area (Å²) in [5, 5.41) is 2.64. The van der Waals surface area contributed by atoms with Crippen LogP contribution in [0.15, 0.2) is 30.3 Å². The van der Waals surface area contributed by atoms with Gasteiger partial charge in [0, 0.05) is 13.2 Å². The quantitative estimate of drug-likeness (QED) is 0.567. The van der Waals surface area contributed by atoms with Crippen molar-refractivity contribution in [1.82, 2.24) is 4.90 Å². The standard InChI is InChI=1S/C24H28N2O7S/c1-13(2)16-9-17-22(18(10-16)25-14(3)27)24(29)26(23(17)28)19(12-34(6,30)31)15-7-8-20(32-4)21(11-15)33-5/h7-11,13,19H,12H2,1-6H3,(H,25,27). The van der Waals surface area contributed by atoms with Crippen LogP contribution in [-0.4, -0.2) is 57.3 Å². The molecule has 3 rings (SSSR count). The summed E-state index contributed by atoms with van der Waals surface area (Å²) in [5.41, 5.74) is 1.54. The lowest BCUT2D eigenvalue weighted by Crippen LogP contribution is -2.37. The Labute approximate surface area is 199 Å². The first-order valence-corrected chi connectivity index (χ1v) is 12.7. The SMILES string of the molecule is COc1ccc(C(CS(C)(=O)=O)N2C(=O)c3cc(C(C)C)cc(NC(C)=O)c3C2=O)cc1OC. The summed E-state index contributed by atoms with van der Waals surface area (Å²) in [5.74, 6) is -1.42. The molecule has 182 valence electrons. The third-order valence-electron chi connectivity index (χ3n) is 5.58. The Morgan fingerprint density at radius 2 is 1.65 bits per heavy atom. The van der Waals surface area contributed by atoms with Crippen molar-refractivity contribution in [3.8, 4) is 11.5 Å². The number of benzene rings is 2. The van der Waals surface area contributed by atoms with E-state index < -0.39 is 39.4 Å². The van der Waals surface area contributed by atoms with Gasteiger partial charge in [0.1, 0.15) is 9.84 Å². The first kappa shape index (κ1) is 25.2. The van der Waals surface area contributed by atoms with Crippen LogP contribution in [0.2, 0.25) is 0 Å². The number of rotatable bonds is 8. The summed E-state index contributed by atoms with van der Waals surface area (Å²) < 4.78 is 35.2. The van der Waals surface area contributed by atoms with Gasteiger partial charge in [0.2, 0.25) is 5.91 Å². The van der Waals surface area contributed by atoms with Crippen LogP contribution in [0, 0.1) is 0 Å². The van der Waals surface area contributed by atoms with Crippen LogP contribution >= 0.6 is 0 Å². The second-order valence-electron chi connectivity index (χ2n) is 8.53. The maximum atomic E-state index is 13.6. The molecule has 0 saturated carbocycles. The van der Waals surface area contributed by atoms with Gasteiger partial charge in [0.05, 0.1) is 42.8 Å². The predicted octanol–water partition coefficient (Wildman–Crippen LogP) is 3.17. The summed E-state index contributed by atoms with van der Waals surface area (Å²) in [7, 11) is -0.720. The van der Waals surface area contributed by atoms with E-state index in [4.69, 9.17) is 9.47 Å². The number of carbonyl (C=O) groups is 3. The van der Waals surface area contributed by atoms with Crippen molar-refractivity contribution < 1.29 is 32.3 Å². The van der Waals surface area contributed by atoms with Gasteiger partial charge in [-0.1, -0.05) is 19.9 Å². The molecule has 0 spiro atoms. The van der Waals surface area contributed by atoms with Gasteiger partial charge in [0.15, 0.2) is 11.5 Å². The van der Waals surface area contributed by atoms with Crippen molar-refractivity contribution in [2.75, 3.05) is 31.5 Å². The first-order chi connectivity index (χ1) is 15.9. The molecular formula is C24H28N2O7S. The minimum atomic E-state index is -3.62. The van der Waals surface area contributed by atoms with Gasteiger partial charge >= 0.3 is 0 Å². The zero-order chi connectivity index (χ0) is 25.4. The van der Waals surface area contributed by atoms with Crippen LogP contribution in [0.5, 0.6) is 11.5 Å². The van der Waals surface area contributed by atoms with E-state index in [2.05, 4.69) is 5.32 Å². The summed E-state index contributed by atoms with van der Waals surface area (Å²) in [6.45, 7) is 5.16. The number of nitrogens with zero attached hydrogens (tertiary/aromatic N) is 1. The maximum absolute atomic E-state index is 13.6. The molecule has 2 aromatic rings. The monoisotopic (exact) mass is 488 g/mol. The van der Waals surface area contributed by atoms with Crippen LogP contribution in [0.1, 0.15) is 64.6 Å². The first-order valence-electron chi connectivity index (χ1n) is 10.6. The molecule has 3 amide bonds. The molecule has 0 saturated heterocycles. The van der Waals surface area contributed by atoms with Crippen molar-refractivity contribution >= 4 is 33.2 Å². The molecule has 0 radical (unpaired) electrons. The number of hydrogen-bond donors (Lipinski definition) is 1. The predicted molar refractivity (Wildman–Crippen MR) is 127 cm³/mol. The van der Waals surface area contributed by atoms with Gasteiger partial charge in [-0.15, -0.1) is 0 Å². The molecule has 1 aliphatic rings. The highest BCUT2D eigenvalue weighted by Gasteiger charge is 2.44. The van der Waals surface area contributed by atoms with E-state index in [0.29, 0.717) is 17.1 Å². The Morgan fingerprint density at radius 1 is 1.00 bits per heavy atom. The van der Waals surface area contributed by atoms with E-state index in [1.165, 1.54) is 21.1 Å². The van der Waals surface area contributed by atoms with Crippen LogP contribution in [0.25, 0.3) is 0 Å². The number of hydrogen-bond acceptors (Lipinski definition) is 7. The molecule has 0 aliphatic carbocycles. The van der Waals surface area contributed by atoms with Crippen molar-refractivity contribution in [3.05, 3.63) is 52.6 Å². The average Bonchev–Trinajstić information content (AvgIpc) is 3.00. The summed E-state index contributed by atoms with van der Waals surface area (Å²) in [6.07, 6.45) is 1.04. The lowest BCUT2D eigenvalue weighted by molar-refractivity contribution is -0.114. The van der Waals surface area contributed by atoms with Crippen LogP contribution in [0.4, 0.5) is 5.69 Å². The van der Waals surface area contributed by atoms with Crippen molar-refractivity contribution in [3.63, 3.8) is 0 Å². The molecule has 9 nitrogen and oxygen atoms in total. The molecule has 0 aromatic heterocycles. The Hall–Kier alpha value is -3.40. The molecule has 10 heteroatoms. The number of nitrogens with one attached hydrogen (secondary N) is 1. The minimum absolute atomic E-state index is 0.0208. The van der Waals surface area contributed by atoms with Crippen molar-refractivity contribution in [2.24, 2.45) is 0 Å². The average molecular weight is 489 g/mol. The zero-order valence-electron chi connectivity index (χ0n) is 20.0. The third kappa shape index (κ3) is 4.91. The Bertz CT molecular complexity index is 1270. The third-order valence-corrected chi connectivity index (χ3v) is 6.51. The highest BCUT2D eigenvalue weighted by atomic mass is 32.2. The lowest BCUT2D eigenvalue weighted by Gasteiger charge is -2.26. The number of sulfone groups is 1. The highest BCUT2D eigenvalue weighted by Crippen LogP contribution is 2.39. The van der Waals surface area contributed by atoms with Gasteiger partial charge in [-0.2, -0.15) is 0 Å². The fraction of sp³-hybridized carbons (Fsp3) is 0.375. The number of anilines is 1. The van der Waals surface area contributed by atoms with Gasteiger partial charge < -0.3 is 14.8 Å². The van der Waals surface area contributed by atoms with E-state index in [1.54, 1.807) is 30.3 Å². The maximum Gasteiger partial charge on any atom is 0.264 e. The molecular weight excluding hydrogens is 460 g/mol. The fourth-order valence-corrected chi connectivity index (χ4v) is 4.89. The second-order valence-corrected chi connectivity index (χ2v) is 10.7. The Morgan fingerprint density at radius 3 is 2.18 bits per heavy atom. The van der Waals surface area contributed by atoms with Crippen molar-refractivity contribution in [1.29, 1.82) is 0 Å². The Kier molecular flexibility index (Phi) is 7.02. The van der Waals surface area contributed by atoms with E-state index in [-0.39, 0.29) is 22.7 Å². The van der Waals surface area contributed by atoms with Gasteiger partial charge in [0.25, 0.3) is 11.8 Å². The lowest BCUT2D eigenvalue weighted by atomic mass is 9.96. The highest BCUT2D eigenvalue weighted by molar-refractivity contribution is 7.90. The van der Waals surface area contributed by atoms with Gasteiger partial charge in [-0.05, 0) is 41.3 Å². The molecule has 1 unspecified atom stereocenters. The molecule has 1 N–H and O–H groups in total. The topological polar surface area (TPSA) is 119 Å². The molecule has 0 fully saturated rings. The van der Waals surface area contributed by atoms with Crippen LogP contribution < -0.4 is 14.8 Å². The van der Waals surface area contributed by atoms with Crippen LogP contribution in [0.3, 0.4) is 0 Å². The summed E-state index contributed by atoms with van der Waals surface area (Å²) in [4.78, 5) is 39.9. The number of methoxy groups -OCH3 is 2. The van der Waals surface area contributed by atoms with E-state index in [9.17, 15) is 22.8 Å². The van der Waals surface area contributed by atoms with E-state index >= 15 is 0 Å². The number of fused-ring (bicyclic) bond motifs is 1. The minimum Gasteiger partial charge on any atom is -0.493 e. The molecule has 34 heavy (non-hydrogen) atoms. The zero-order valence-corrected chi connectivity index (χ0v) is 20.8. The molecule has 1 heterocycles. The van der Waals surface area contributed by atoms with Gasteiger partial charge in [-0.25, -0.2) is 8.42 Å². The summed E-state index contributed by atoms with van der Waals surface area (Å²) >= 11 is 0. The normalized spacial score (nSPS) is 14.3. The fourth-order valence-electron chi connectivity index (χ4n) is 3.98. The largest absolute Gasteiger partial charge is 0.493 e. The molecule has 2 aromatic carbocycles. The molecule has 0 bridgehead atoms. The van der Waals surface area contributed by atoms with E-state index in [0.717, 1.165) is 16.7 Å².